The molecule has 0 aliphatic heterocycles. The number of nitrogens with zero attached hydrogens (tertiary/aromatic N) is 2. The third-order valence-electron chi connectivity index (χ3n) is 1.03. The van der Waals surface area contributed by atoms with Crippen LogP contribution < -0.4 is 4.74 Å². The molecule has 1 rings (SSSR count). The number of rotatable bonds is 1. The Kier molecular flexibility index (Phi) is 2.02. The molecule has 0 saturated carbocycles. The highest BCUT2D eigenvalue weighted by atomic mass is 19.1. The molecule has 0 spiro atoms. The van der Waals surface area contributed by atoms with Gasteiger partial charge in [-0.1, -0.05) is 0 Å². The number of methoxy groups -OCH3 is 1. The van der Waals surface area contributed by atoms with Gasteiger partial charge in [0.15, 0.2) is 0 Å². The van der Waals surface area contributed by atoms with E-state index in [1.54, 1.807) is 0 Å². The van der Waals surface area contributed by atoms with Crippen LogP contribution in [0.3, 0.4) is 0 Å². The first-order chi connectivity index (χ1) is 5.27. The Morgan fingerprint density at radius 2 is 2.45 bits per heavy atom. The molecule has 0 unspecified atom stereocenters. The standard InChI is InChI=1S/C7H5FN2O/c1-3-6-9-4-5(8)7(10-6)11-2/h1,4H,2H3. The number of halogens is 1. The molecule has 56 valence electrons. The molecule has 0 radical (unpaired) electrons. The van der Waals surface area contributed by atoms with E-state index in [9.17, 15) is 4.39 Å². The molecule has 0 bridgehead atoms. The van der Waals surface area contributed by atoms with Crippen LogP contribution in [0.2, 0.25) is 0 Å². The Hall–Kier alpha value is -1.63. The van der Waals surface area contributed by atoms with Gasteiger partial charge in [-0.25, -0.2) is 4.98 Å². The summed E-state index contributed by atoms with van der Waals surface area (Å²) in [5, 5.41) is 0. The topological polar surface area (TPSA) is 35.0 Å². The summed E-state index contributed by atoms with van der Waals surface area (Å²) in [6, 6.07) is 0. The fraction of sp³-hybridized carbons (Fsp3) is 0.143. The van der Waals surface area contributed by atoms with Gasteiger partial charge in [-0.05, 0) is 5.92 Å². The van der Waals surface area contributed by atoms with Crippen LogP contribution in [0.15, 0.2) is 6.20 Å². The van der Waals surface area contributed by atoms with Gasteiger partial charge in [0.2, 0.25) is 11.6 Å². The van der Waals surface area contributed by atoms with E-state index in [4.69, 9.17) is 6.42 Å². The highest BCUT2D eigenvalue weighted by Gasteiger charge is 2.03. The summed E-state index contributed by atoms with van der Waals surface area (Å²) >= 11 is 0. The minimum atomic E-state index is -0.619. The van der Waals surface area contributed by atoms with Crippen LogP contribution >= 0.6 is 0 Å². The van der Waals surface area contributed by atoms with Gasteiger partial charge >= 0.3 is 0 Å². The summed E-state index contributed by atoms with van der Waals surface area (Å²) in [5.41, 5.74) is 0. The molecule has 0 saturated heterocycles. The van der Waals surface area contributed by atoms with E-state index in [0.29, 0.717) is 0 Å². The highest BCUT2D eigenvalue weighted by molar-refractivity contribution is 5.21. The van der Waals surface area contributed by atoms with Crippen LogP contribution in [-0.4, -0.2) is 17.1 Å². The lowest BCUT2D eigenvalue weighted by atomic mass is 10.5. The van der Waals surface area contributed by atoms with Crippen molar-refractivity contribution >= 4 is 0 Å². The fourth-order valence-corrected chi connectivity index (χ4v) is 0.564. The number of terminal acetylenes is 1. The first-order valence-corrected chi connectivity index (χ1v) is 2.81. The molecule has 0 amide bonds. The predicted octanol–water partition coefficient (Wildman–Crippen LogP) is 0.606. The first kappa shape index (κ1) is 7.48. The van der Waals surface area contributed by atoms with E-state index in [0.717, 1.165) is 6.20 Å². The zero-order valence-electron chi connectivity index (χ0n) is 5.84. The fourth-order valence-electron chi connectivity index (χ4n) is 0.564. The summed E-state index contributed by atoms with van der Waals surface area (Å²) in [4.78, 5) is 7.07. The Morgan fingerprint density at radius 3 is 3.00 bits per heavy atom. The quantitative estimate of drug-likeness (QED) is 0.553. The van der Waals surface area contributed by atoms with E-state index in [1.165, 1.54) is 7.11 Å². The monoisotopic (exact) mass is 152 g/mol. The molecule has 0 aliphatic rings. The van der Waals surface area contributed by atoms with Crippen molar-refractivity contribution < 1.29 is 9.13 Å². The average Bonchev–Trinajstić information content (AvgIpc) is 2.05. The Morgan fingerprint density at radius 1 is 1.73 bits per heavy atom. The third kappa shape index (κ3) is 1.44. The second-order valence-corrected chi connectivity index (χ2v) is 1.70. The van der Waals surface area contributed by atoms with Crippen molar-refractivity contribution in [1.82, 2.24) is 9.97 Å². The molecular weight excluding hydrogens is 147 g/mol. The summed E-state index contributed by atoms with van der Waals surface area (Å²) in [7, 11) is 1.31. The Balaban J connectivity index is 3.15. The molecule has 1 aromatic rings. The molecule has 11 heavy (non-hydrogen) atoms. The number of aromatic nitrogens is 2. The maximum Gasteiger partial charge on any atom is 0.254 e. The van der Waals surface area contributed by atoms with E-state index < -0.39 is 5.82 Å². The van der Waals surface area contributed by atoms with Gasteiger partial charge in [-0.15, -0.1) is 6.42 Å². The van der Waals surface area contributed by atoms with E-state index in [1.807, 2.05) is 0 Å². The van der Waals surface area contributed by atoms with Gasteiger partial charge in [0.1, 0.15) is 0 Å². The van der Waals surface area contributed by atoms with Crippen molar-refractivity contribution in [2.24, 2.45) is 0 Å². The number of hydrogen-bond donors (Lipinski definition) is 0. The van der Waals surface area contributed by atoms with Crippen molar-refractivity contribution in [1.29, 1.82) is 0 Å². The molecule has 0 fully saturated rings. The zero-order chi connectivity index (χ0) is 8.27. The minimum absolute atomic E-state index is 0.114. The van der Waals surface area contributed by atoms with Gasteiger partial charge in [-0.2, -0.15) is 9.37 Å². The van der Waals surface area contributed by atoms with Gasteiger partial charge in [0, 0.05) is 0 Å². The molecule has 1 aromatic heterocycles. The molecule has 0 aromatic carbocycles. The summed E-state index contributed by atoms with van der Waals surface area (Å²) < 4.78 is 17.2. The highest BCUT2D eigenvalue weighted by Crippen LogP contribution is 2.09. The predicted molar refractivity (Wildman–Crippen MR) is 36.5 cm³/mol. The Labute approximate surface area is 63.2 Å². The molecule has 0 aliphatic carbocycles. The SMILES string of the molecule is C#Cc1ncc(F)c(OC)n1. The molecule has 0 N–H and O–H groups in total. The largest absolute Gasteiger partial charge is 0.479 e. The third-order valence-corrected chi connectivity index (χ3v) is 1.03. The molecule has 4 heteroatoms. The summed E-state index contributed by atoms with van der Waals surface area (Å²) in [6.45, 7) is 0. The molecular formula is C7H5FN2O. The van der Waals surface area contributed by atoms with E-state index in [-0.39, 0.29) is 11.7 Å². The van der Waals surface area contributed by atoms with Gasteiger partial charge in [0.25, 0.3) is 5.88 Å². The van der Waals surface area contributed by atoms with Crippen LogP contribution in [-0.2, 0) is 0 Å². The molecule has 3 nitrogen and oxygen atoms in total. The van der Waals surface area contributed by atoms with Crippen molar-refractivity contribution in [2.45, 2.75) is 0 Å². The summed E-state index contributed by atoms with van der Waals surface area (Å²) in [5.74, 6) is 1.52. The lowest BCUT2D eigenvalue weighted by Gasteiger charge is -1.98. The maximum absolute atomic E-state index is 12.6. The molecule has 0 atom stereocenters. The van der Waals surface area contributed by atoms with Crippen LogP contribution in [0, 0.1) is 18.2 Å². The van der Waals surface area contributed by atoms with Gasteiger partial charge < -0.3 is 4.74 Å². The van der Waals surface area contributed by atoms with Crippen LogP contribution in [0.1, 0.15) is 5.82 Å². The van der Waals surface area contributed by atoms with Crippen molar-refractivity contribution in [3.05, 3.63) is 17.8 Å². The van der Waals surface area contributed by atoms with Crippen LogP contribution in [0.4, 0.5) is 4.39 Å². The lowest BCUT2D eigenvalue weighted by Crippen LogP contribution is -1.96. The van der Waals surface area contributed by atoms with E-state index >= 15 is 0 Å². The Bertz CT molecular complexity index is 306. The summed E-state index contributed by atoms with van der Waals surface area (Å²) in [6.07, 6.45) is 5.94. The van der Waals surface area contributed by atoms with Crippen LogP contribution in [0.5, 0.6) is 5.88 Å². The molecule has 1 heterocycles. The van der Waals surface area contributed by atoms with Crippen molar-refractivity contribution in [2.75, 3.05) is 7.11 Å². The van der Waals surface area contributed by atoms with E-state index in [2.05, 4.69) is 20.6 Å². The van der Waals surface area contributed by atoms with Crippen molar-refractivity contribution in [3.63, 3.8) is 0 Å². The first-order valence-electron chi connectivity index (χ1n) is 2.81. The average molecular weight is 152 g/mol. The van der Waals surface area contributed by atoms with Crippen LogP contribution in [0.25, 0.3) is 0 Å². The zero-order valence-corrected chi connectivity index (χ0v) is 5.84. The minimum Gasteiger partial charge on any atom is -0.479 e. The maximum atomic E-state index is 12.6. The van der Waals surface area contributed by atoms with Gasteiger partial charge in [0.05, 0.1) is 13.3 Å². The van der Waals surface area contributed by atoms with Crippen molar-refractivity contribution in [3.8, 4) is 18.2 Å². The normalized spacial score (nSPS) is 8.82. The number of ether oxygens (including phenoxy) is 1. The second-order valence-electron chi connectivity index (χ2n) is 1.70. The second kappa shape index (κ2) is 2.97. The number of hydrogen-bond acceptors (Lipinski definition) is 3. The smallest absolute Gasteiger partial charge is 0.254 e. The van der Waals surface area contributed by atoms with Gasteiger partial charge in [-0.3, -0.25) is 0 Å². The lowest BCUT2D eigenvalue weighted by molar-refractivity contribution is 0.366.